The molecule has 6 rings (SSSR count). The Labute approximate surface area is 216 Å². The molecule has 3 nitrogen and oxygen atoms in total. The van der Waals surface area contributed by atoms with Crippen molar-refractivity contribution in [3.05, 3.63) is 118 Å². The number of nitrogens with zero attached hydrogens (tertiary/aromatic N) is 2. The molecule has 5 aromatic rings. The number of hydrogen-bond acceptors (Lipinski definition) is 5. The third-order valence-electron chi connectivity index (χ3n) is 6.22. The second-order valence-corrected chi connectivity index (χ2v) is 10.5. The Balaban J connectivity index is 1.35. The van der Waals surface area contributed by atoms with Gasteiger partial charge in [-0.3, -0.25) is 4.79 Å². The third-order valence-corrected chi connectivity index (χ3v) is 8.51. The van der Waals surface area contributed by atoms with Gasteiger partial charge >= 0.3 is 0 Å². The van der Waals surface area contributed by atoms with Crippen LogP contribution >= 0.6 is 22.7 Å². The van der Waals surface area contributed by atoms with Crippen molar-refractivity contribution in [1.29, 1.82) is 10.5 Å². The van der Waals surface area contributed by atoms with Crippen molar-refractivity contribution in [2.45, 2.75) is 0 Å². The van der Waals surface area contributed by atoms with Crippen LogP contribution in [0.4, 0.5) is 0 Å². The van der Waals surface area contributed by atoms with E-state index in [0.29, 0.717) is 22.3 Å². The molecule has 0 saturated carbocycles. The average Bonchev–Trinajstić information content (AvgIpc) is 3.57. The number of rotatable bonds is 3. The number of thiophene rings is 2. The molecule has 36 heavy (non-hydrogen) atoms. The van der Waals surface area contributed by atoms with Crippen LogP contribution in [0.2, 0.25) is 0 Å². The third kappa shape index (κ3) is 3.68. The van der Waals surface area contributed by atoms with E-state index in [1.54, 1.807) is 40.9 Å². The van der Waals surface area contributed by atoms with E-state index in [1.807, 2.05) is 42.5 Å². The van der Waals surface area contributed by atoms with Crippen molar-refractivity contribution in [3.63, 3.8) is 0 Å². The second kappa shape index (κ2) is 8.91. The fourth-order valence-electron chi connectivity index (χ4n) is 4.51. The van der Waals surface area contributed by atoms with E-state index in [1.165, 1.54) is 21.6 Å². The number of hydrogen-bond donors (Lipinski definition) is 0. The van der Waals surface area contributed by atoms with Crippen LogP contribution in [0.15, 0.2) is 102 Å². The van der Waals surface area contributed by atoms with Crippen LogP contribution in [-0.2, 0) is 0 Å². The summed E-state index contributed by atoms with van der Waals surface area (Å²) in [5.74, 6) is -0.153. The van der Waals surface area contributed by atoms with Gasteiger partial charge in [-0.1, -0.05) is 78.9 Å². The number of ketones is 1. The molecule has 0 spiro atoms. The highest BCUT2D eigenvalue weighted by Crippen LogP contribution is 2.43. The molecule has 0 atom stereocenters. The Bertz CT molecular complexity index is 1760. The zero-order chi connectivity index (χ0) is 24.6. The summed E-state index contributed by atoms with van der Waals surface area (Å²) in [5.41, 5.74) is 5.51. The van der Waals surface area contributed by atoms with E-state index >= 15 is 0 Å². The van der Waals surface area contributed by atoms with E-state index in [-0.39, 0.29) is 11.4 Å². The van der Waals surface area contributed by atoms with Gasteiger partial charge in [-0.2, -0.15) is 10.5 Å². The van der Waals surface area contributed by atoms with Gasteiger partial charge in [0, 0.05) is 35.9 Å². The molecule has 0 N–H and O–H groups in total. The molecule has 5 heteroatoms. The first kappa shape index (κ1) is 21.9. The minimum atomic E-state index is -0.153. The first-order valence-corrected chi connectivity index (χ1v) is 12.9. The van der Waals surface area contributed by atoms with Crippen molar-refractivity contribution in [2.24, 2.45) is 0 Å². The minimum Gasteiger partial charge on any atom is -0.289 e. The maximum atomic E-state index is 13.2. The molecule has 2 aromatic heterocycles. The van der Waals surface area contributed by atoms with E-state index in [0.717, 1.165) is 14.3 Å². The summed E-state index contributed by atoms with van der Waals surface area (Å²) in [5, 5.41) is 19.0. The van der Waals surface area contributed by atoms with Crippen molar-refractivity contribution in [2.75, 3.05) is 0 Å². The molecule has 168 valence electrons. The highest BCUT2D eigenvalue weighted by Gasteiger charge is 2.32. The molecule has 0 unspecified atom stereocenters. The normalized spacial score (nSPS) is 13.6. The number of nitriles is 2. The van der Waals surface area contributed by atoms with E-state index in [9.17, 15) is 15.3 Å². The van der Waals surface area contributed by atoms with Crippen LogP contribution in [0.5, 0.6) is 0 Å². The number of carbonyl (C=O) groups is 1. The molecule has 1 aliphatic rings. The smallest absolute Gasteiger partial charge is 0.194 e. The maximum Gasteiger partial charge on any atom is 0.194 e. The molecule has 3 aromatic carbocycles. The zero-order valence-corrected chi connectivity index (χ0v) is 20.5. The summed E-state index contributed by atoms with van der Waals surface area (Å²) in [6.07, 6.45) is 1.82. The summed E-state index contributed by atoms with van der Waals surface area (Å²) in [4.78, 5) is 15.3. The summed E-state index contributed by atoms with van der Waals surface area (Å²) >= 11 is 3.32. The molecule has 0 radical (unpaired) electrons. The predicted octanol–water partition coefficient (Wildman–Crippen LogP) is 8.38. The minimum absolute atomic E-state index is 0.0425. The molecule has 1 aliphatic carbocycles. The molecule has 0 aliphatic heterocycles. The van der Waals surface area contributed by atoms with Gasteiger partial charge < -0.3 is 0 Å². The van der Waals surface area contributed by atoms with E-state index in [2.05, 4.69) is 48.5 Å². The molecule has 0 amide bonds. The van der Waals surface area contributed by atoms with Crippen LogP contribution in [0.3, 0.4) is 0 Å². The van der Waals surface area contributed by atoms with Crippen LogP contribution < -0.4 is 0 Å². The summed E-state index contributed by atoms with van der Waals surface area (Å²) in [6.45, 7) is 0. The van der Waals surface area contributed by atoms with Gasteiger partial charge in [-0.15, -0.1) is 22.7 Å². The van der Waals surface area contributed by atoms with Crippen molar-refractivity contribution < 1.29 is 4.79 Å². The lowest BCUT2D eigenvalue weighted by molar-refractivity contribution is 0.104. The molecule has 0 fully saturated rings. The fraction of sp³-hybridized carbons (Fsp3) is 0. The van der Waals surface area contributed by atoms with Gasteiger partial charge in [0.15, 0.2) is 5.78 Å². The molecule has 0 bridgehead atoms. The highest BCUT2D eigenvalue weighted by atomic mass is 32.1. The lowest BCUT2D eigenvalue weighted by Gasteiger charge is -2.03. The fourth-order valence-corrected chi connectivity index (χ4v) is 6.87. The van der Waals surface area contributed by atoms with Crippen LogP contribution in [0.1, 0.15) is 20.8 Å². The SMILES string of the molecule is N#CC(C#N)=C1/C(=C/c2cc3sc(-c4ccc(-c5ccccc5)cc4)cc3s2)C(=O)c2ccccc21. The van der Waals surface area contributed by atoms with E-state index < -0.39 is 0 Å². The number of benzene rings is 3. The molecular weight excluding hydrogens is 480 g/mol. The quantitative estimate of drug-likeness (QED) is 0.186. The number of fused-ring (bicyclic) bond motifs is 2. The topological polar surface area (TPSA) is 64.7 Å². The Morgan fingerprint density at radius 2 is 1.31 bits per heavy atom. The monoisotopic (exact) mass is 496 g/mol. The van der Waals surface area contributed by atoms with Gasteiger partial charge in [-0.25, -0.2) is 0 Å². The molecule has 0 saturated heterocycles. The zero-order valence-electron chi connectivity index (χ0n) is 18.9. The Morgan fingerprint density at radius 3 is 2.00 bits per heavy atom. The Kier molecular flexibility index (Phi) is 5.43. The molecular formula is C31H16N2OS2. The van der Waals surface area contributed by atoms with Crippen molar-refractivity contribution in [3.8, 4) is 33.7 Å². The Morgan fingerprint density at radius 1 is 0.694 bits per heavy atom. The van der Waals surface area contributed by atoms with Gasteiger partial charge in [0.2, 0.25) is 0 Å². The maximum absolute atomic E-state index is 13.2. The summed E-state index contributed by atoms with van der Waals surface area (Å²) in [7, 11) is 0. The summed E-state index contributed by atoms with van der Waals surface area (Å²) in [6, 6.07) is 34.2. The van der Waals surface area contributed by atoms with Crippen molar-refractivity contribution >= 4 is 49.5 Å². The first-order valence-electron chi connectivity index (χ1n) is 11.3. The van der Waals surface area contributed by atoms with E-state index in [4.69, 9.17) is 0 Å². The van der Waals surface area contributed by atoms with Gasteiger partial charge in [0.05, 0.1) is 0 Å². The Hall–Kier alpha value is -4.55. The average molecular weight is 497 g/mol. The number of Topliss-reactive ketones (excluding diaryl/α,β-unsaturated/α-hetero) is 1. The largest absolute Gasteiger partial charge is 0.289 e. The lowest BCUT2D eigenvalue weighted by Crippen LogP contribution is -1.95. The van der Waals surface area contributed by atoms with Crippen molar-refractivity contribution in [1.82, 2.24) is 0 Å². The number of carbonyl (C=O) groups excluding carboxylic acids is 1. The molecule has 2 heterocycles. The summed E-state index contributed by atoms with van der Waals surface area (Å²) < 4.78 is 2.28. The van der Waals surface area contributed by atoms with Gasteiger partial charge in [0.1, 0.15) is 17.7 Å². The first-order chi connectivity index (χ1) is 17.7. The lowest BCUT2D eigenvalue weighted by atomic mass is 9.99. The highest BCUT2D eigenvalue weighted by molar-refractivity contribution is 7.29. The van der Waals surface area contributed by atoms with Crippen LogP contribution in [-0.4, -0.2) is 5.78 Å². The van der Waals surface area contributed by atoms with Crippen LogP contribution in [0, 0.1) is 22.7 Å². The van der Waals surface area contributed by atoms with Gasteiger partial charge in [0.25, 0.3) is 0 Å². The predicted molar refractivity (Wildman–Crippen MR) is 147 cm³/mol. The number of allylic oxidation sites excluding steroid dienone is 3. The standard InChI is InChI=1S/C31H16N2OS2/c32-17-22(18-33)30-24-8-4-5-9-25(24)31(34)26(30)14-23-15-28-29(35-23)16-27(36-28)21-12-10-20(11-13-21)19-6-2-1-3-7-19/h1-16H/b26-14-. The second-order valence-electron chi connectivity index (χ2n) is 8.34. The van der Waals surface area contributed by atoms with Gasteiger partial charge in [-0.05, 0) is 40.5 Å². The van der Waals surface area contributed by atoms with Crippen LogP contribution in [0.25, 0.3) is 42.6 Å².